The Bertz CT molecular complexity index is 2010. The Kier molecular flexibility index (Phi) is 8.27. The number of hydrogen-bond acceptors (Lipinski definition) is 10. The highest BCUT2D eigenvalue weighted by molar-refractivity contribution is 6.12. The summed E-state index contributed by atoms with van der Waals surface area (Å²) in [5.41, 5.74) is 14.2. The third kappa shape index (κ3) is 5.85. The normalized spacial score (nSPS) is 14.1. The standard InChI is InChI=1S/C40H34N8O2/c1-49-37-27-31(23-25-35(37)45-39(29-15-7-3-8-16-29)41-47(43-45)33-19-11-5-12-20-33)32-24-26-36(38(28-32)50-2)46-40(30-17-9-4-10-18-30)42-48(44-46)34-21-13-6-14-22-34/h3-28,43-44H,1-2H3. The maximum Gasteiger partial charge on any atom is 0.178 e. The van der Waals surface area contributed by atoms with Gasteiger partial charge < -0.3 is 9.47 Å². The highest BCUT2D eigenvalue weighted by atomic mass is 16.5. The van der Waals surface area contributed by atoms with Gasteiger partial charge in [0.25, 0.3) is 0 Å². The summed E-state index contributed by atoms with van der Waals surface area (Å²) < 4.78 is 12.0. The van der Waals surface area contributed by atoms with E-state index in [0.717, 1.165) is 56.7 Å². The van der Waals surface area contributed by atoms with Crippen molar-refractivity contribution in [1.29, 1.82) is 0 Å². The molecular weight excluding hydrogens is 624 g/mol. The summed E-state index contributed by atoms with van der Waals surface area (Å²) in [7, 11) is 3.36. The van der Waals surface area contributed by atoms with Gasteiger partial charge in [-0.2, -0.15) is 10.2 Å². The second-order valence-corrected chi connectivity index (χ2v) is 11.5. The molecule has 246 valence electrons. The van der Waals surface area contributed by atoms with Gasteiger partial charge in [0, 0.05) is 11.1 Å². The van der Waals surface area contributed by atoms with Crippen molar-refractivity contribution in [3.63, 3.8) is 0 Å². The summed E-state index contributed by atoms with van der Waals surface area (Å²) in [6, 6.07) is 52.4. The molecule has 0 fully saturated rings. The summed E-state index contributed by atoms with van der Waals surface area (Å²) >= 11 is 0. The Hall–Kier alpha value is -6.62. The minimum absolute atomic E-state index is 0.676. The molecule has 10 nitrogen and oxygen atoms in total. The van der Waals surface area contributed by atoms with E-state index in [4.69, 9.17) is 19.7 Å². The zero-order valence-corrected chi connectivity index (χ0v) is 27.5. The smallest absolute Gasteiger partial charge is 0.178 e. The summed E-state index contributed by atoms with van der Waals surface area (Å²) in [4.78, 5) is 0. The van der Waals surface area contributed by atoms with E-state index in [1.807, 2.05) is 156 Å². The van der Waals surface area contributed by atoms with E-state index in [-0.39, 0.29) is 0 Å². The Morgan fingerprint density at radius 3 is 1.14 bits per heavy atom. The van der Waals surface area contributed by atoms with Crippen molar-refractivity contribution in [2.75, 3.05) is 34.5 Å². The largest absolute Gasteiger partial charge is 0.494 e. The fraction of sp³-hybridized carbons (Fsp3) is 0.0500. The maximum atomic E-state index is 6.00. The van der Waals surface area contributed by atoms with E-state index in [9.17, 15) is 0 Å². The number of hydrogen-bond donors (Lipinski definition) is 2. The quantitative estimate of drug-likeness (QED) is 0.165. The molecule has 8 rings (SSSR count). The minimum Gasteiger partial charge on any atom is -0.494 e. The second kappa shape index (κ2) is 13.5. The first kappa shape index (κ1) is 30.7. The molecule has 2 aliphatic rings. The summed E-state index contributed by atoms with van der Waals surface area (Å²) in [5.74, 6) is 2.83. The molecule has 6 aromatic carbocycles. The molecular formula is C40H34N8O2. The Morgan fingerprint density at radius 1 is 0.420 bits per heavy atom. The average molecular weight is 659 g/mol. The molecule has 2 aliphatic heterocycles. The molecule has 0 amide bonds. The molecule has 0 atom stereocenters. The minimum atomic E-state index is 0.676. The van der Waals surface area contributed by atoms with Gasteiger partial charge in [-0.25, -0.2) is 10.0 Å². The van der Waals surface area contributed by atoms with Crippen LogP contribution in [0.4, 0.5) is 22.7 Å². The van der Waals surface area contributed by atoms with Gasteiger partial charge in [-0.3, -0.25) is 0 Å². The molecule has 2 heterocycles. The van der Waals surface area contributed by atoms with Crippen LogP contribution in [0.1, 0.15) is 11.1 Å². The first-order valence-corrected chi connectivity index (χ1v) is 16.2. The van der Waals surface area contributed by atoms with Crippen LogP contribution in [-0.2, 0) is 0 Å². The number of amidine groups is 2. The van der Waals surface area contributed by atoms with E-state index >= 15 is 0 Å². The topological polar surface area (TPSA) is 80.2 Å². The number of methoxy groups -OCH3 is 2. The molecule has 0 aliphatic carbocycles. The molecule has 50 heavy (non-hydrogen) atoms. The van der Waals surface area contributed by atoms with Crippen molar-refractivity contribution < 1.29 is 9.47 Å². The van der Waals surface area contributed by atoms with Crippen LogP contribution >= 0.6 is 0 Å². The van der Waals surface area contributed by atoms with Gasteiger partial charge in [0.05, 0.1) is 25.6 Å². The maximum absolute atomic E-state index is 6.00. The van der Waals surface area contributed by atoms with Gasteiger partial charge in [0.15, 0.2) is 11.7 Å². The highest BCUT2D eigenvalue weighted by Gasteiger charge is 2.30. The number of nitrogens with one attached hydrogen (secondary N) is 2. The third-order valence-corrected chi connectivity index (χ3v) is 8.44. The number of anilines is 4. The lowest BCUT2D eigenvalue weighted by Gasteiger charge is -2.25. The first-order chi connectivity index (χ1) is 24.7. The molecule has 0 bridgehead atoms. The van der Waals surface area contributed by atoms with Crippen molar-refractivity contribution >= 4 is 34.4 Å². The highest BCUT2D eigenvalue weighted by Crippen LogP contribution is 2.39. The van der Waals surface area contributed by atoms with Gasteiger partial charge >= 0.3 is 0 Å². The van der Waals surface area contributed by atoms with E-state index in [2.05, 4.69) is 23.2 Å². The van der Waals surface area contributed by atoms with E-state index < -0.39 is 0 Å². The fourth-order valence-corrected chi connectivity index (χ4v) is 5.94. The molecule has 6 aromatic rings. The lowest BCUT2D eigenvalue weighted by atomic mass is 10.0. The van der Waals surface area contributed by atoms with Crippen molar-refractivity contribution in [3.8, 4) is 22.6 Å². The number of ether oxygens (including phenoxy) is 2. The van der Waals surface area contributed by atoms with Crippen LogP contribution in [0.3, 0.4) is 0 Å². The Balaban J connectivity index is 1.13. The molecule has 0 spiro atoms. The van der Waals surface area contributed by atoms with Gasteiger partial charge in [0.1, 0.15) is 22.9 Å². The number of benzene rings is 6. The molecule has 0 saturated heterocycles. The van der Waals surface area contributed by atoms with Gasteiger partial charge in [-0.1, -0.05) is 109 Å². The number of rotatable bonds is 9. The second-order valence-electron chi connectivity index (χ2n) is 11.5. The number of para-hydroxylation sites is 2. The lowest BCUT2D eigenvalue weighted by Crippen LogP contribution is -2.43. The van der Waals surface area contributed by atoms with Gasteiger partial charge in [-0.15, -0.1) is 21.3 Å². The summed E-state index contributed by atoms with van der Waals surface area (Å²) in [6.07, 6.45) is 0. The summed E-state index contributed by atoms with van der Waals surface area (Å²) in [5, 5.41) is 17.3. The third-order valence-electron chi connectivity index (χ3n) is 8.44. The Morgan fingerprint density at radius 2 is 0.780 bits per heavy atom. The molecule has 0 unspecified atom stereocenters. The van der Waals surface area contributed by atoms with Crippen LogP contribution in [0.25, 0.3) is 11.1 Å². The van der Waals surface area contributed by atoms with Crippen LogP contribution in [0.15, 0.2) is 168 Å². The predicted octanol–water partition coefficient (Wildman–Crippen LogP) is 7.59. The van der Waals surface area contributed by atoms with Crippen LogP contribution in [0.5, 0.6) is 11.5 Å². The van der Waals surface area contributed by atoms with Gasteiger partial charge in [0.2, 0.25) is 0 Å². The van der Waals surface area contributed by atoms with Crippen molar-refractivity contribution in [2.24, 2.45) is 10.2 Å². The summed E-state index contributed by atoms with van der Waals surface area (Å²) in [6.45, 7) is 0. The van der Waals surface area contributed by atoms with E-state index in [0.29, 0.717) is 11.5 Å². The van der Waals surface area contributed by atoms with E-state index in [1.54, 1.807) is 24.5 Å². The van der Waals surface area contributed by atoms with Crippen molar-refractivity contribution in [2.45, 2.75) is 0 Å². The number of hydrazine groups is 4. The molecule has 0 saturated carbocycles. The molecule has 0 aromatic heterocycles. The zero-order valence-electron chi connectivity index (χ0n) is 27.5. The van der Waals surface area contributed by atoms with Crippen LogP contribution in [0, 0.1) is 0 Å². The zero-order chi connectivity index (χ0) is 33.9. The monoisotopic (exact) mass is 658 g/mol. The van der Waals surface area contributed by atoms with E-state index in [1.165, 1.54) is 0 Å². The van der Waals surface area contributed by atoms with Crippen LogP contribution in [0.2, 0.25) is 0 Å². The van der Waals surface area contributed by atoms with Crippen LogP contribution in [-0.4, -0.2) is 25.9 Å². The van der Waals surface area contributed by atoms with Crippen molar-refractivity contribution in [3.05, 3.63) is 169 Å². The lowest BCUT2D eigenvalue weighted by molar-refractivity contribution is 0.414. The first-order valence-electron chi connectivity index (χ1n) is 16.2. The predicted molar refractivity (Wildman–Crippen MR) is 200 cm³/mol. The Labute approximate surface area is 290 Å². The van der Waals surface area contributed by atoms with Crippen molar-refractivity contribution in [1.82, 2.24) is 11.1 Å². The SMILES string of the molecule is COc1cc(-c2ccc(N3NN(c4ccccc4)N=C3c3ccccc3)c(OC)c2)ccc1N1NN(c2ccccc2)N=C1c1ccccc1. The molecule has 10 heteroatoms. The van der Waals surface area contributed by atoms with Gasteiger partial charge in [-0.05, 0) is 59.7 Å². The fourth-order valence-electron chi connectivity index (χ4n) is 5.94. The average Bonchev–Trinajstić information content (AvgIpc) is 3.85. The molecule has 0 radical (unpaired) electrons. The number of nitrogens with zero attached hydrogens (tertiary/aromatic N) is 6. The number of hydrazone groups is 2. The van der Waals surface area contributed by atoms with Crippen LogP contribution < -0.4 is 40.8 Å². The molecule has 2 N–H and O–H groups in total.